The molecule has 0 N–H and O–H groups in total. The van der Waals surface area contributed by atoms with Crippen molar-refractivity contribution in [3.8, 4) is 0 Å². The summed E-state index contributed by atoms with van der Waals surface area (Å²) in [6.45, 7) is 8.75. The number of fused-ring (bicyclic) bond motifs is 3. The lowest BCUT2D eigenvalue weighted by atomic mass is 9.72. The molecule has 2 amide bonds. The SMILES string of the molecule is CCOC(=O)[C@H]1CN(C(=O)C(CC)CC)[C@]2(C)C(=O)N(CCOC)c3ccccc3[C@H]12. The second kappa shape index (κ2) is 9.39. The zero-order valence-electron chi connectivity index (χ0n) is 19.2. The minimum Gasteiger partial charge on any atom is -0.466 e. The standard InChI is InChI=1S/C24H34N2O5/c1-6-16(7-2)21(27)26-15-18(22(28)31-8-3)20-17-11-9-10-12-19(17)25(13-14-30-5)23(29)24(20,26)4/h9-12,16,18,20H,6-8,13-15H2,1-5H3/t18-,20+,24-/m0/s1. The van der Waals surface area contributed by atoms with E-state index in [-0.39, 0.29) is 36.9 Å². The van der Waals surface area contributed by atoms with E-state index in [4.69, 9.17) is 9.47 Å². The molecule has 2 aliphatic heterocycles. The third kappa shape index (κ3) is 3.73. The summed E-state index contributed by atoms with van der Waals surface area (Å²) in [5.74, 6) is -1.81. The molecule has 2 heterocycles. The van der Waals surface area contributed by atoms with Gasteiger partial charge in [-0.1, -0.05) is 32.0 Å². The van der Waals surface area contributed by atoms with Crippen molar-refractivity contribution in [2.24, 2.45) is 11.8 Å². The van der Waals surface area contributed by atoms with Gasteiger partial charge in [0.1, 0.15) is 5.54 Å². The van der Waals surface area contributed by atoms with E-state index in [1.165, 1.54) is 0 Å². The number of hydrogen-bond acceptors (Lipinski definition) is 5. The molecule has 1 aromatic carbocycles. The zero-order chi connectivity index (χ0) is 22.8. The highest BCUT2D eigenvalue weighted by Gasteiger charge is 2.64. The Kier molecular flexibility index (Phi) is 7.04. The van der Waals surface area contributed by atoms with E-state index in [0.717, 1.165) is 11.3 Å². The number of likely N-dealkylation sites (tertiary alicyclic amines) is 1. The van der Waals surface area contributed by atoms with Crippen molar-refractivity contribution in [3.05, 3.63) is 29.8 Å². The summed E-state index contributed by atoms with van der Waals surface area (Å²) in [6.07, 6.45) is 1.38. The van der Waals surface area contributed by atoms with E-state index in [1.54, 1.807) is 23.8 Å². The molecule has 31 heavy (non-hydrogen) atoms. The predicted octanol–water partition coefficient (Wildman–Crippen LogP) is 2.98. The number of methoxy groups -OCH3 is 1. The molecule has 0 aliphatic carbocycles. The first-order valence-corrected chi connectivity index (χ1v) is 11.2. The molecule has 0 aromatic heterocycles. The maximum atomic E-state index is 14.0. The average molecular weight is 431 g/mol. The quantitative estimate of drug-likeness (QED) is 0.593. The third-order valence-electron chi connectivity index (χ3n) is 6.90. The molecule has 0 bridgehead atoms. The smallest absolute Gasteiger partial charge is 0.311 e. The normalized spacial score (nSPS) is 24.9. The fourth-order valence-corrected chi connectivity index (χ4v) is 5.24. The number of carbonyl (C=O) groups excluding carboxylic acids is 3. The Labute approximate surface area is 184 Å². The molecule has 0 radical (unpaired) electrons. The van der Waals surface area contributed by atoms with Crippen LogP contribution >= 0.6 is 0 Å². The molecule has 1 aromatic rings. The number of esters is 1. The molecule has 3 atom stereocenters. The van der Waals surface area contributed by atoms with Gasteiger partial charge in [-0.15, -0.1) is 0 Å². The summed E-state index contributed by atoms with van der Waals surface area (Å²) in [5, 5.41) is 0. The summed E-state index contributed by atoms with van der Waals surface area (Å²) in [4.78, 5) is 43.9. The average Bonchev–Trinajstić information content (AvgIpc) is 3.09. The number of rotatable bonds is 8. The molecule has 3 rings (SSSR count). The number of amides is 2. The van der Waals surface area contributed by atoms with Gasteiger partial charge in [-0.2, -0.15) is 0 Å². The molecule has 0 spiro atoms. The van der Waals surface area contributed by atoms with Crippen LogP contribution in [0.4, 0.5) is 5.69 Å². The highest BCUT2D eigenvalue weighted by atomic mass is 16.5. The first-order valence-electron chi connectivity index (χ1n) is 11.2. The van der Waals surface area contributed by atoms with Crippen molar-refractivity contribution in [1.29, 1.82) is 0 Å². The van der Waals surface area contributed by atoms with Crippen LogP contribution < -0.4 is 4.90 Å². The van der Waals surface area contributed by atoms with E-state index < -0.39 is 17.4 Å². The molecule has 1 saturated heterocycles. The molecular formula is C24H34N2O5. The van der Waals surface area contributed by atoms with Gasteiger partial charge in [0.05, 0.1) is 19.1 Å². The fraction of sp³-hybridized carbons (Fsp3) is 0.625. The van der Waals surface area contributed by atoms with Crippen LogP contribution in [0.3, 0.4) is 0 Å². The number of benzene rings is 1. The number of para-hydroxylation sites is 1. The van der Waals surface area contributed by atoms with Gasteiger partial charge in [-0.25, -0.2) is 0 Å². The lowest BCUT2D eigenvalue weighted by molar-refractivity contribution is -0.148. The Hall–Kier alpha value is -2.41. The summed E-state index contributed by atoms with van der Waals surface area (Å²) < 4.78 is 10.6. The highest BCUT2D eigenvalue weighted by Crippen LogP contribution is 2.53. The first-order chi connectivity index (χ1) is 14.9. The second-order valence-corrected chi connectivity index (χ2v) is 8.45. The number of carbonyl (C=O) groups is 3. The van der Waals surface area contributed by atoms with Crippen LogP contribution in [0.2, 0.25) is 0 Å². The van der Waals surface area contributed by atoms with Crippen molar-refractivity contribution in [3.63, 3.8) is 0 Å². The van der Waals surface area contributed by atoms with Crippen LogP contribution in [-0.4, -0.2) is 61.6 Å². The summed E-state index contributed by atoms with van der Waals surface area (Å²) >= 11 is 0. The third-order valence-corrected chi connectivity index (χ3v) is 6.90. The Morgan fingerprint density at radius 3 is 2.48 bits per heavy atom. The predicted molar refractivity (Wildman–Crippen MR) is 118 cm³/mol. The topological polar surface area (TPSA) is 76.2 Å². The maximum absolute atomic E-state index is 14.0. The van der Waals surface area contributed by atoms with Crippen molar-refractivity contribution in [2.75, 3.05) is 38.3 Å². The number of anilines is 1. The van der Waals surface area contributed by atoms with Crippen LogP contribution in [0, 0.1) is 11.8 Å². The van der Waals surface area contributed by atoms with Gasteiger partial charge in [-0.3, -0.25) is 14.4 Å². The lowest BCUT2D eigenvalue weighted by Crippen LogP contribution is -2.62. The van der Waals surface area contributed by atoms with Gasteiger partial charge < -0.3 is 19.3 Å². The number of hydrogen-bond donors (Lipinski definition) is 0. The first kappa shape index (κ1) is 23.3. The van der Waals surface area contributed by atoms with Gasteiger partial charge in [-0.05, 0) is 38.3 Å². The van der Waals surface area contributed by atoms with E-state index in [0.29, 0.717) is 26.0 Å². The molecule has 1 fully saturated rings. The number of ether oxygens (including phenoxy) is 2. The molecule has 7 heteroatoms. The summed E-state index contributed by atoms with van der Waals surface area (Å²) in [6, 6.07) is 7.66. The van der Waals surface area contributed by atoms with Crippen LogP contribution in [0.5, 0.6) is 0 Å². The van der Waals surface area contributed by atoms with Gasteiger partial charge in [0.15, 0.2) is 0 Å². The Balaban J connectivity index is 2.17. The van der Waals surface area contributed by atoms with E-state index in [1.807, 2.05) is 45.0 Å². The molecule has 0 saturated carbocycles. The van der Waals surface area contributed by atoms with Crippen molar-refractivity contribution < 1.29 is 23.9 Å². The monoisotopic (exact) mass is 430 g/mol. The zero-order valence-corrected chi connectivity index (χ0v) is 19.2. The summed E-state index contributed by atoms with van der Waals surface area (Å²) in [7, 11) is 1.60. The molecule has 170 valence electrons. The highest BCUT2D eigenvalue weighted by molar-refractivity contribution is 6.07. The minimum absolute atomic E-state index is 0.0660. The van der Waals surface area contributed by atoms with Crippen LogP contribution in [0.1, 0.15) is 52.0 Å². The summed E-state index contributed by atoms with van der Waals surface area (Å²) in [5.41, 5.74) is 0.524. The van der Waals surface area contributed by atoms with Crippen LogP contribution in [0.15, 0.2) is 24.3 Å². The van der Waals surface area contributed by atoms with Gasteiger partial charge in [0.2, 0.25) is 5.91 Å². The van der Waals surface area contributed by atoms with Gasteiger partial charge in [0, 0.05) is 37.7 Å². The Morgan fingerprint density at radius 1 is 1.19 bits per heavy atom. The maximum Gasteiger partial charge on any atom is 0.311 e. The van der Waals surface area contributed by atoms with E-state index >= 15 is 0 Å². The molecular weight excluding hydrogens is 396 g/mol. The van der Waals surface area contributed by atoms with Crippen molar-refractivity contribution >= 4 is 23.5 Å². The molecule has 2 aliphatic rings. The minimum atomic E-state index is -1.15. The largest absolute Gasteiger partial charge is 0.466 e. The van der Waals surface area contributed by atoms with Crippen LogP contribution in [-0.2, 0) is 23.9 Å². The lowest BCUT2D eigenvalue weighted by Gasteiger charge is -2.47. The van der Waals surface area contributed by atoms with E-state index in [2.05, 4.69) is 0 Å². The van der Waals surface area contributed by atoms with Gasteiger partial charge >= 0.3 is 5.97 Å². The fourth-order valence-electron chi connectivity index (χ4n) is 5.24. The number of nitrogens with zero attached hydrogens (tertiary/aromatic N) is 2. The van der Waals surface area contributed by atoms with Crippen molar-refractivity contribution in [2.45, 2.75) is 52.0 Å². The van der Waals surface area contributed by atoms with Gasteiger partial charge in [0.25, 0.3) is 5.91 Å². The Bertz CT molecular complexity index is 837. The van der Waals surface area contributed by atoms with Crippen LogP contribution in [0.25, 0.3) is 0 Å². The molecule has 7 nitrogen and oxygen atoms in total. The van der Waals surface area contributed by atoms with E-state index in [9.17, 15) is 14.4 Å². The molecule has 0 unspecified atom stereocenters. The second-order valence-electron chi connectivity index (χ2n) is 8.45. The Morgan fingerprint density at radius 2 is 1.87 bits per heavy atom. The van der Waals surface area contributed by atoms with Crippen molar-refractivity contribution in [1.82, 2.24) is 4.90 Å².